The molecule has 0 fully saturated rings. The van der Waals surface area contributed by atoms with Crippen LogP contribution in [0.2, 0.25) is 5.02 Å². The van der Waals surface area contributed by atoms with Crippen molar-refractivity contribution in [2.24, 2.45) is 0 Å². The van der Waals surface area contributed by atoms with E-state index in [1.165, 1.54) is 15.6 Å². The Kier molecular flexibility index (Phi) is 3.54. The number of thiophene rings is 1. The lowest BCUT2D eigenvalue weighted by atomic mass is 10.0. The first-order valence-corrected chi connectivity index (χ1v) is 8.43. The van der Waals surface area contributed by atoms with Crippen molar-refractivity contribution in [2.45, 2.75) is 19.4 Å². The van der Waals surface area contributed by atoms with Gasteiger partial charge < -0.3 is 4.90 Å². The second kappa shape index (κ2) is 5.49. The molecule has 24 heavy (non-hydrogen) atoms. The SMILES string of the molecule is CC1c2c(sc(F)c2F)CCN1C(=O)c1cc2ncc(Cl)cn2n1. The molecule has 0 spiro atoms. The van der Waals surface area contributed by atoms with Gasteiger partial charge in [0.15, 0.2) is 17.2 Å². The standard InChI is InChI=1S/C15H11ClF2N4OS/c1-7-12-10(24-14(18)13(12)17)2-3-21(7)15(23)9-4-11-19-5-8(16)6-22(11)20-9/h4-7H,2-3H2,1H3. The van der Waals surface area contributed by atoms with E-state index in [-0.39, 0.29) is 17.2 Å². The lowest BCUT2D eigenvalue weighted by molar-refractivity contribution is 0.0669. The van der Waals surface area contributed by atoms with Crippen molar-refractivity contribution >= 4 is 34.5 Å². The molecule has 9 heteroatoms. The summed E-state index contributed by atoms with van der Waals surface area (Å²) in [6.07, 6.45) is 3.44. The van der Waals surface area contributed by atoms with E-state index in [0.29, 0.717) is 28.5 Å². The molecule has 1 unspecified atom stereocenters. The molecule has 4 rings (SSSR count). The van der Waals surface area contributed by atoms with Crippen LogP contribution in [0.15, 0.2) is 18.5 Å². The summed E-state index contributed by atoms with van der Waals surface area (Å²) >= 11 is 6.67. The maximum Gasteiger partial charge on any atom is 0.274 e. The molecule has 3 aromatic heterocycles. The zero-order valence-electron chi connectivity index (χ0n) is 12.5. The molecule has 1 aliphatic rings. The summed E-state index contributed by atoms with van der Waals surface area (Å²) in [4.78, 5) is 19.0. The minimum atomic E-state index is -0.858. The third-order valence-electron chi connectivity index (χ3n) is 4.15. The number of carbonyl (C=O) groups is 1. The fraction of sp³-hybridized carbons (Fsp3) is 0.267. The summed E-state index contributed by atoms with van der Waals surface area (Å²) in [6, 6.07) is 0.995. The number of rotatable bonds is 1. The Labute approximate surface area is 144 Å². The average Bonchev–Trinajstić information content (AvgIpc) is 3.09. The number of nitrogens with zero attached hydrogens (tertiary/aromatic N) is 4. The highest BCUT2D eigenvalue weighted by atomic mass is 35.5. The molecule has 0 radical (unpaired) electrons. The van der Waals surface area contributed by atoms with Gasteiger partial charge in [-0.05, 0) is 13.3 Å². The molecule has 0 bridgehead atoms. The van der Waals surface area contributed by atoms with Gasteiger partial charge in [-0.15, -0.1) is 11.3 Å². The first-order valence-electron chi connectivity index (χ1n) is 7.24. The first kappa shape index (κ1) is 15.5. The Morgan fingerprint density at radius 3 is 3.04 bits per heavy atom. The predicted molar refractivity (Wildman–Crippen MR) is 85.4 cm³/mol. The van der Waals surface area contributed by atoms with Crippen molar-refractivity contribution in [2.75, 3.05) is 6.54 Å². The van der Waals surface area contributed by atoms with Gasteiger partial charge in [0.25, 0.3) is 5.91 Å². The van der Waals surface area contributed by atoms with Gasteiger partial charge in [-0.1, -0.05) is 11.6 Å². The van der Waals surface area contributed by atoms with Gasteiger partial charge in [-0.3, -0.25) is 4.79 Å². The maximum absolute atomic E-state index is 14.0. The van der Waals surface area contributed by atoms with Crippen LogP contribution in [0.4, 0.5) is 8.78 Å². The normalized spacial score (nSPS) is 17.3. The van der Waals surface area contributed by atoms with E-state index in [9.17, 15) is 13.6 Å². The molecular formula is C15H11ClF2N4OS. The van der Waals surface area contributed by atoms with Crippen LogP contribution in [0, 0.1) is 10.9 Å². The van der Waals surface area contributed by atoms with Crippen molar-refractivity contribution in [3.8, 4) is 0 Å². The molecule has 0 saturated heterocycles. The van der Waals surface area contributed by atoms with Gasteiger partial charge >= 0.3 is 0 Å². The van der Waals surface area contributed by atoms with E-state index >= 15 is 0 Å². The summed E-state index contributed by atoms with van der Waals surface area (Å²) in [7, 11) is 0. The van der Waals surface area contributed by atoms with Crippen molar-refractivity contribution in [1.82, 2.24) is 19.5 Å². The van der Waals surface area contributed by atoms with Crippen molar-refractivity contribution in [3.63, 3.8) is 0 Å². The van der Waals surface area contributed by atoms with E-state index in [2.05, 4.69) is 10.1 Å². The van der Waals surface area contributed by atoms with Crippen molar-refractivity contribution in [1.29, 1.82) is 0 Å². The van der Waals surface area contributed by atoms with Crippen molar-refractivity contribution in [3.05, 3.63) is 50.6 Å². The molecule has 1 amide bonds. The number of hydrogen-bond acceptors (Lipinski definition) is 4. The summed E-state index contributed by atoms with van der Waals surface area (Å²) in [5.41, 5.74) is 0.944. The Morgan fingerprint density at radius 1 is 1.46 bits per heavy atom. The quantitative estimate of drug-likeness (QED) is 0.660. The van der Waals surface area contributed by atoms with Crippen LogP contribution in [0.1, 0.15) is 33.9 Å². The molecule has 0 aliphatic carbocycles. The van der Waals surface area contributed by atoms with Gasteiger partial charge in [-0.2, -0.15) is 9.49 Å². The van der Waals surface area contributed by atoms with Crippen LogP contribution < -0.4 is 0 Å². The zero-order valence-corrected chi connectivity index (χ0v) is 14.0. The second-order valence-corrected chi connectivity index (χ2v) is 7.05. The van der Waals surface area contributed by atoms with Crippen LogP contribution in [0.25, 0.3) is 5.65 Å². The Balaban J connectivity index is 1.70. The van der Waals surface area contributed by atoms with Gasteiger partial charge in [0.2, 0.25) is 5.13 Å². The second-order valence-electron chi connectivity index (χ2n) is 5.56. The average molecular weight is 369 g/mol. The van der Waals surface area contributed by atoms with E-state index in [1.807, 2.05) is 0 Å². The smallest absolute Gasteiger partial charge is 0.274 e. The molecule has 1 aliphatic heterocycles. The molecule has 0 N–H and O–H groups in total. The third-order valence-corrected chi connectivity index (χ3v) is 5.37. The molecule has 1 atom stereocenters. The summed E-state index contributed by atoms with van der Waals surface area (Å²) in [5, 5.41) is 3.75. The predicted octanol–water partition coefficient (Wildman–Crippen LogP) is 3.48. The maximum atomic E-state index is 14.0. The van der Waals surface area contributed by atoms with Crippen LogP contribution in [0.5, 0.6) is 0 Å². The van der Waals surface area contributed by atoms with Gasteiger partial charge in [-0.25, -0.2) is 13.9 Å². The number of hydrogen-bond donors (Lipinski definition) is 0. The van der Waals surface area contributed by atoms with E-state index < -0.39 is 17.0 Å². The third kappa shape index (κ3) is 2.29. The molecule has 124 valence electrons. The van der Waals surface area contributed by atoms with Crippen LogP contribution in [-0.2, 0) is 6.42 Å². The topological polar surface area (TPSA) is 50.5 Å². The van der Waals surface area contributed by atoms with Crippen LogP contribution in [-0.4, -0.2) is 31.9 Å². The minimum absolute atomic E-state index is 0.191. The first-order chi connectivity index (χ1) is 11.5. The monoisotopic (exact) mass is 368 g/mol. The van der Waals surface area contributed by atoms with Gasteiger partial charge in [0.05, 0.1) is 17.3 Å². The largest absolute Gasteiger partial charge is 0.330 e. The lowest BCUT2D eigenvalue weighted by Gasteiger charge is -2.33. The minimum Gasteiger partial charge on any atom is -0.330 e. The van der Waals surface area contributed by atoms with Crippen molar-refractivity contribution < 1.29 is 13.6 Å². The van der Waals surface area contributed by atoms with E-state index in [1.54, 1.807) is 19.2 Å². The van der Waals surface area contributed by atoms with Crippen LogP contribution in [0.3, 0.4) is 0 Å². The van der Waals surface area contributed by atoms with E-state index in [0.717, 1.165) is 11.3 Å². The van der Waals surface area contributed by atoms with E-state index in [4.69, 9.17) is 11.6 Å². The summed E-state index contributed by atoms with van der Waals surface area (Å²) in [5.74, 6) is -1.20. The molecule has 0 saturated carbocycles. The number of amides is 1. The fourth-order valence-corrected chi connectivity index (χ4v) is 4.11. The number of aromatic nitrogens is 3. The highest BCUT2D eigenvalue weighted by molar-refractivity contribution is 7.10. The molecule has 0 aromatic carbocycles. The number of halogens is 3. The Bertz CT molecular complexity index is 970. The van der Waals surface area contributed by atoms with Crippen LogP contribution >= 0.6 is 22.9 Å². The molecular weight excluding hydrogens is 358 g/mol. The number of fused-ring (bicyclic) bond motifs is 2. The summed E-state index contributed by atoms with van der Waals surface area (Å²) < 4.78 is 28.9. The zero-order chi connectivity index (χ0) is 17.0. The fourth-order valence-electron chi connectivity index (χ4n) is 2.99. The Morgan fingerprint density at radius 2 is 2.25 bits per heavy atom. The molecule has 4 heterocycles. The number of carbonyl (C=O) groups excluding carboxylic acids is 1. The Hall–Kier alpha value is -2.06. The van der Waals surface area contributed by atoms with Gasteiger partial charge in [0.1, 0.15) is 0 Å². The summed E-state index contributed by atoms with van der Waals surface area (Å²) in [6.45, 7) is 2.07. The highest BCUT2D eigenvalue weighted by Gasteiger charge is 2.34. The lowest BCUT2D eigenvalue weighted by Crippen LogP contribution is -2.38. The van der Waals surface area contributed by atoms with Gasteiger partial charge in [0, 0.05) is 29.2 Å². The molecule has 3 aromatic rings. The highest BCUT2D eigenvalue weighted by Crippen LogP contribution is 2.38. The molecule has 5 nitrogen and oxygen atoms in total.